The predicted molar refractivity (Wildman–Crippen MR) is 140 cm³/mol. The molecule has 160 valence electrons. The number of pyridine rings is 1. The largest absolute Gasteiger partial charge is 0.492 e. The number of amides is 1. The molecule has 4 aromatic rings. The van der Waals surface area contributed by atoms with Crippen molar-refractivity contribution in [2.75, 3.05) is 6.61 Å². The number of benzene rings is 3. The molecule has 0 aliphatic heterocycles. The van der Waals surface area contributed by atoms with Crippen LogP contribution in [0.3, 0.4) is 0 Å². The maximum Gasteiger partial charge on any atom is 0.272 e. The van der Waals surface area contributed by atoms with E-state index in [-0.39, 0.29) is 5.91 Å². The van der Waals surface area contributed by atoms with E-state index in [2.05, 4.69) is 49.0 Å². The van der Waals surface area contributed by atoms with Gasteiger partial charge in [-0.3, -0.25) is 4.79 Å². The summed E-state index contributed by atoms with van der Waals surface area (Å²) in [5.41, 5.74) is 6.46. The molecule has 0 aliphatic carbocycles. The molecule has 1 heterocycles. The molecular weight excluding hydrogens is 581 g/mol. The van der Waals surface area contributed by atoms with E-state index in [1.165, 1.54) is 0 Å². The number of hydrazone groups is 1. The molecule has 0 unspecified atom stereocenters. The summed E-state index contributed by atoms with van der Waals surface area (Å²) < 4.78 is 7.43. The van der Waals surface area contributed by atoms with Crippen LogP contribution < -0.4 is 10.2 Å². The SMILES string of the molecule is CCOc1c(Br)cc(/C=N/NC(=O)c2cc(-c3ccccc3)nc3ccccc23)cc1I. The lowest BCUT2D eigenvalue weighted by atomic mass is 10.0. The first-order valence-corrected chi connectivity index (χ1v) is 11.8. The second kappa shape index (κ2) is 10.2. The van der Waals surface area contributed by atoms with Gasteiger partial charge in [0.05, 0.1) is 37.6 Å². The number of carbonyl (C=O) groups is 1. The lowest BCUT2D eigenvalue weighted by Gasteiger charge is -2.10. The summed E-state index contributed by atoms with van der Waals surface area (Å²) in [5.74, 6) is 0.503. The van der Waals surface area contributed by atoms with Crippen molar-refractivity contribution >= 4 is 61.5 Å². The number of carbonyl (C=O) groups excluding carboxylic acids is 1. The van der Waals surface area contributed by atoms with Crippen molar-refractivity contribution in [3.8, 4) is 17.0 Å². The monoisotopic (exact) mass is 599 g/mol. The van der Waals surface area contributed by atoms with E-state index in [4.69, 9.17) is 9.72 Å². The van der Waals surface area contributed by atoms with Gasteiger partial charge in [0.2, 0.25) is 0 Å². The summed E-state index contributed by atoms with van der Waals surface area (Å²) >= 11 is 5.75. The van der Waals surface area contributed by atoms with Crippen molar-refractivity contribution in [1.82, 2.24) is 10.4 Å². The summed E-state index contributed by atoms with van der Waals surface area (Å²) in [6, 6.07) is 23.1. The lowest BCUT2D eigenvalue weighted by Crippen LogP contribution is -2.18. The highest BCUT2D eigenvalue weighted by molar-refractivity contribution is 14.1. The van der Waals surface area contributed by atoms with E-state index in [1.54, 1.807) is 12.3 Å². The first-order valence-electron chi connectivity index (χ1n) is 9.97. The van der Waals surface area contributed by atoms with E-state index in [0.717, 1.165) is 41.5 Å². The van der Waals surface area contributed by atoms with Gasteiger partial charge in [-0.25, -0.2) is 10.4 Å². The molecule has 1 N–H and O–H groups in total. The average molecular weight is 600 g/mol. The van der Waals surface area contributed by atoms with Gasteiger partial charge < -0.3 is 4.74 Å². The normalized spacial score (nSPS) is 11.1. The topological polar surface area (TPSA) is 63.6 Å². The third-order valence-electron chi connectivity index (χ3n) is 4.72. The molecule has 3 aromatic carbocycles. The van der Waals surface area contributed by atoms with Crippen molar-refractivity contribution in [3.63, 3.8) is 0 Å². The van der Waals surface area contributed by atoms with Gasteiger partial charge >= 0.3 is 0 Å². The summed E-state index contributed by atoms with van der Waals surface area (Å²) in [4.78, 5) is 17.7. The van der Waals surface area contributed by atoms with Gasteiger partial charge in [0.15, 0.2) is 0 Å². The van der Waals surface area contributed by atoms with E-state index in [1.807, 2.05) is 73.7 Å². The first kappa shape index (κ1) is 22.4. The fourth-order valence-corrected chi connectivity index (χ4v) is 5.05. The minimum atomic E-state index is -0.295. The van der Waals surface area contributed by atoms with Crippen LogP contribution in [-0.2, 0) is 0 Å². The van der Waals surface area contributed by atoms with E-state index in [0.29, 0.717) is 12.2 Å². The standard InChI is InChI=1S/C25H19BrIN3O2/c1-2-32-24-20(26)12-16(13-21(24)27)15-28-30-25(31)19-14-23(17-8-4-3-5-9-17)29-22-11-7-6-10-18(19)22/h3-15H,2H2,1H3,(H,30,31)/b28-15+. The predicted octanol–water partition coefficient (Wildman–Crippen LogP) is 6.43. The number of nitrogens with one attached hydrogen (secondary N) is 1. The van der Waals surface area contributed by atoms with Gasteiger partial charge in [0, 0.05) is 10.9 Å². The Labute approximate surface area is 208 Å². The molecule has 4 rings (SSSR count). The molecule has 0 radical (unpaired) electrons. The van der Waals surface area contributed by atoms with Crippen molar-refractivity contribution in [2.24, 2.45) is 5.10 Å². The second-order valence-corrected chi connectivity index (χ2v) is 8.90. The molecule has 0 aliphatic rings. The van der Waals surface area contributed by atoms with Gasteiger partial charge in [-0.05, 0) is 75.3 Å². The highest BCUT2D eigenvalue weighted by Crippen LogP contribution is 2.31. The van der Waals surface area contributed by atoms with Crippen molar-refractivity contribution in [3.05, 3.63) is 92.0 Å². The number of para-hydroxylation sites is 1. The molecule has 1 amide bonds. The quantitative estimate of drug-likeness (QED) is 0.158. The van der Waals surface area contributed by atoms with Crippen LogP contribution in [-0.4, -0.2) is 23.7 Å². The smallest absolute Gasteiger partial charge is 0.272 e. The zero-order valence-electron chi connectivity index (χ0n) is 17.2. The van der Waals surface area contributed by atoms with E-state index in [9.17, 15) is 4.79 Å². The summed E-state index contributed by atoms with van der Waals surface area (Å²) in [6.07, 6.45) is 1.61. The molecular formula is C25H19BrIN3O2. The number of fused-ring (bicyclic) bond motifs is 1. The van der Waals surface area contributed by atoms with Crippen LogP contribution in [0.5, 0.6) is 5.75 Å². The van der Waals surface area contributed by atoms with Gasteiger partial charge in [-0.1, -0.05) is 48.5 Å². The minimum absolute atomic E-state index is 0.295. The number of hydrogen-bond donors (Lipinski definition) is 1. The third-order valence-corrected chi connectivity index (χ3v) is 6.11. The molecule has 1 aromatic heterocycles. The average Bonchev–Trinajstić information content (AvgIpc) is 2.81. The highest BCUT2D eigenvalue weighted by atomic mass is 127. The summed E-state index contributed by atoms with van der Waals surface area (Å²) in [5, 5.41) is 4.95. The van der Waals surface area contributed by atoms with Gasteiger partial charge in [-0.2, -0.15) is 5.10 Å². The van der Waals surface area contributed by atoms with Crippen LogP contribution in [0.2, 0.25) is 0 Å². The first-order chi connectivity index (χ1) is 15.6. The Hall–Kier alpha value is -2.78. The molecule has 0 saturated carbocycles. The van der Waals surface area contributed by atoms with Gasteiger partial charge in [0.25, 0.3) is 5.91 Å². The van der Waals surface area contributed by atoms with Crippen LogP contribution in [0.25, 0.3) is 22.2 Å². The molecule has 0 saturated heterocycles. The maximum absolute atomic E-state index is 13.0. The third kappa shape index (κ3) is 4.99. The molecule has 5 nitrogen and oxygen atoms in total. The Bertz CT molecular complexity index is 1290. The second-order valence-electron chi connectivity index (χ2n) is 6.88. The zero-order valence-corrected chi connectivity index (χ0v) is 20.9. The van der Waals surface area contributed by atoms with Crippen LogP contribution in [0.15, 0.2) is 82.4 Å². The van der Waals surface area contributed by atoms with Crippen molar-refractivity contribution < 1.29 is 9.53 Å². The number of hydrogen-bond acceptors (Lipinski definition) is 4. The minimum Gasteiger partial charge on any atom is -0.492 e. The fourth-order valence-electron chi connectivity index (χ4n) is 3.28. The fraction of sp³-hybridized carbons (Fsp3) is 0.0800. The van der Waals surface area contributed by atoms with Crippen molar-refractivity contribution in [1.29, 1.82) is 0 Å². The molecule has 32 heavy (non-hydrogen) atoms. The summed E-state index contributed by atoms with van der Waals surface area (Å²) in [6.45, 7) is 2.53. The Kier molecular flexibility index (Phi) is 7.16. The molecule has 0 atom stereocenters. The number of aromatic nitrogens is 1. The number of nitrogens with zero attached hydrogens (tertiary/aromatic N) is 2. The number of rotatable bonds is 6. The summed E-state index contributed by atoms with van der Waals surface area (Å²) in [7, 11) is 0. The zero-order chi connectivity index (χ0) is 22.5. The highest BCUT2D eigenvalue weighted by Gasteiger charge is 2.13. The number of ether oxygens (including phenoxy) is 1. The Morgan fingerprint density at radius 1 is 1.12 bits per heavy atom. The van der Waals surface area contributed by atoms with Crippen LogP contribution in [0.1, 0.15) is 22.8 Å². The lowest BCUT2D eigenvalue weighted by molar-refractivity contribution is 0.0956. The van der Waals surface area contributed by atoms with E-state index >= 15 is 0 Å². The van der Waals surface area contributed by atoms with Gasteiger partial charge in [0.1, 0.15) is 5.75 Å². The maximum atomic E-state index is 13.0. The molecule has 0 spiro atoms. The Morgan fingerprint density at radius 3 is 2.62 bits per heavy atom. The molecule has 0 fully saturated rings. The van der Waals surface area contributed by atoms with Gasteiger partial charge in [-0.15, -0.1) is 0 Å². The van der Waals surface area contributed by atoms with E-state index < -0.39 is 0 Å². The Balaban J connectivity index is 1.62. The van der Waals surface area contributed by atoms with Crippen LogP contribution in [0, 0.1) is 3.57 Å². The van der Waals surface area contributed by atoms with Crippen molar-refractivity contribution in [2.45, 2.75) is 6.92 Å². The Morgan fingerprint density at radius 2 is 1.88 bits per heavy atom. The molecule has 7 heteroatoms. The number of halogens is 2. The van der Waals surface area contributed by atoms with Crippen LogP contribution >= 0.6 is 38.5 Å². The van der Waals surface area contributed by atoms with Crippen LogP contribution in [0.4, 0.5) is 0 Å². The molecule has 0 bridgehead atoms.